The van der Waals surface area contributed by atoms with Gasteiger partial charge in [-0.2, -0.15) is 0 Å². The van der Waals surface area contributed by atoms with Gasteiger partial charge in [0.2, 0.25) is 0 Å². The molecule has 0 aliphatic heterocycles. The summed E-state index contributed by atoms with van der Waals surface area (Å²) in [7, 11) is 0. The first-order valence-electron chi connectivity index (χ1n) is 10.6. The normalized spacial score (nSPS) is 11.0. The predicted octanol–water partition coefficient (Wildman–Crippen LogP) is 6.56. The van der Waals surface area contributed by atoms with Gasteiger partial charge in [0.05, 0.1) is 0 Å². The molecule has 0 saturated heterocycles. The highest BCUT2D eigenvalue weighted by atomic mass is 16.5. The molecule has 0 radical (unpaired) electrons. The first kappa shape index (κ1) is 22.9. The fourth-order valence-electron chi connectivity index (χ4n) is 3.22. The van der Waals surface area contributed by atoms with Crippen molar-refractivity contribution in [3.63, 3.8) is 0 Å². The zero-order chi connectivity index (χ0) is 22.6. The SMILES string of the molecule is CCOC(C(=O)c1ccccc1)c1ccccc1.O=C(c1ccccc1)c1ccccc1. The van der Waals surface area contributed by atoms with Crippen molar-refractivity contribution in [3.8, 4) is 0 Å². The lowest BCUT2D eigenvalue weighted by atomic mass is 10.00. The van der Waals surface area contributed by atoms with Crippen molar-refractivity contribution in [2.45, 2.75) is 13.0 Å². The van der Waals surface area contributed by atoms with Gasteiger partial charge in [-0.3, -0.25) is 9.59 Å². The van der Waals surface area contributed by atoms with Crippen LogP contribution in [0.4, 0.5) is 0 Å². The van der Waals surface area contributed by atoms with E-state index in [1.54, 1.807) is 0 Å². The van der Waals surface area contributed by atoms with Crippen molar-refractivity contribution in [3.05, 3.63) is 144 Å². The number of hydrogen-bond donors (Lipinski definition) is 0. The molecular weight excluding hydrogens is 396 g/mol. The molecule has 0 spiro atoms. The van der Waals surface area contributed by atoms with Crippen LogP contribution < -0.4 is 0 Å². The Labute approximate surface area is 189 Å². The highest BCUT2D eigenvalue weighted by Gasteiger charge is 2.21. The Morgan fingerprint density at radius 3 is 1.38 bits per heavy atom. The van der Waals surface area contributed by atoms with E-state index in [9.17, 15) is 9.59 Å². The van der Waals surface area contributed by atoms with E-state index in [0.717, 1.165) is 16.7 Å². The number of carbonyl (C=O) groups is 2. The van der Waals surface area contributed by atoms with Crippen LogP contribution in [0.25, 0.3) is 0 Å². The number of rotatable bonds is 7. The monoisotopic (exact) mass is 422 g/mol. The van der Waals surface area contributed by atoms with E-state index in [1.807, 2.05) is 128 Å². The van der Waals surface area contributed by atoms with Gasteiger partial charge in [-0.15, -0.1) is 0 Å². The van der Waals surface area contributed by atoms with Gasteiger partial charge in [-0.1, -0.05) is 121 Å². The Morgan fingerprint density at radius 1 is 0.594 bits per heavy atom. The smallest absolute Gasteiger partial charge is 0.196 e. The second-order valence-electron chi connectivity index (χ2n) is 7.04. The van der Waals surface area contributed by atoms with Crippen molar-refractivity contribution < 1.29 is 14.3 Å². The maximum Gasteiger partial charge on any atom is 0.196 e. The van der Waals surface area contributed by atoms with E-state index in [0.29, 0.717) is 12.2 Å². The van der Waals surface area contributed by atoms with E-state index in [2.05, 4.69) is 0 Å². The average Bonchev–Trinajstić information content (AvgIpc) is 2.89. The van der Waals surface area contributed by atoms with Crippen LogP contribution in [-0.4, -0.2) is 18.2 Å². The van der Waals surface area contributed by atoms with E-state index >= 15 is 0 Å². The number of ketones is 2. The van der Waals surface area contributed by atoms with E-state index in [1.165, 1.54) is 0 Å². The number of ether oxygens (including phenoxy) is 1. The Hall–Kier alpha value is -3.82. The Kier molecular flexibility index (Phi) is 8.67. The standard InChI is InChI=1S/C16H16O2.C13H10O/c1-2-18-16(14-11-7-4-8-12-14)15(17)13-9-5-3-6-10-13;14-13(11-7-3-1-4-8-11)12-9-5-2-6-10-12/h3-12,16H,2H2,1H3;1-10H. The highest BCUT2D eigenvalue weighted by Crippen LogP contribution is 2.22. The third-order valence-electron chi connectivity index (χ3n) is 4.80. The largest absolute Gasteiger partial charge is 0.366 e. The van der Waals surface area contributed by atoms with Gasteiger partial charge in [0.1, 0.15) is 6.10 Å². The lowest BCUT2D eigenvalue weighted by Crippen LogP contribution is -2.16. The molecule has 160 valence electrons. The molecule has 0 aromatic heterocycles. The molecule has 4 aromatic carbocycles. The van der Waals surface area contributed by atoms with Gasteiger partial charge in [0.15, 0.2) is 11.6 Å². The summed E-state index contributed by atoms with van der Waals surface area (Å²) in [5, 5.41) is 0. The maximum absolute atomic E-state index is 12.4. The fourth-order valence-corrected chi connectivity index (χ4v) is 3.22. The van der Waals surface area contributed by atoms with Gasteiger partial charge < -0.3 is 4.74 Å². The molecular formula is C29H26O3. The molecule has 32 heavy (non-hydrogen) atoms. The summed E-state index contributed by atoms with van der Waals surface area (Å²) in [5.41, 5.74) is 3.05. The summed E-state index contributed by atoms with van der Waals surface area (Å²) in [5.74, 6) is 0.0786. The first-order valence-corrected chi connectivity index (χ1v) is 10.6. The molecule has 0 fully saturated rings. The maximum atomic E-state index is 12.4. The van der Waals surface area contributed by atoms with Crippen LogP contribution in [0.5, 0.6) is 0 Å². The summed E-state index contributed by atoms with van der Waals surface area (Å²) < 4.78 is 5.59. The highest BCUT2D eigenvalue weighted by molar-refractivity contribution is 6.08. The van der Waals surface area contributed by atoms with Crippen molar-refractivity contribution in [2.24, 2.45) is 0 Å². The van der Waals surface area contributed by atoms with Crippen LogP contribution in [0.15, 0.2) is 121 Å². The topological polar surface area (TPSA) is 43.4 Å². The third kappa shape index (κ3) is 6.34. The molecule has 0 saturated carbocycles. The fraction of sp³-hybridized carbons (Fsp3) is 0.103. The van der Waals surface area contributed by atoms with Gasteiger partial charge in [-0.05, 0) is 12.5 Å². The van der Waals surface area contributed by atoms with Crippen LogP contribution >= 0.6 is 0 Å². The summed E-state index contributed by atoms with van der Waals surface area (Å²) >= 11 is 0. The molecule has 1 atom stereocenters. The quantitative estimate of drug-likeness (QED) is 0.317. The second kappa shape index (κ2) is 12.1. The summed E-state index contributed by atoms with van der Waals surface area (Å²) in [6.45, 7) is 2.41. The molecule has 0 heterocycles. The molecule has 0 amide bonds. The second-order valence-corrected chi connectivity index (χ2v) is 7.04. The van der Waals surface area contributed by atoms with Crippen LogP contribution in [-0.2, 0) is 4.74 Å². The average molecular weight is 423 g/mol. The minimum absolute atomic E-state index is 0.00338. The number of Topliss-reactive ketones (excluding diaryl/α,β-unsaturated/α-hetero) is 1. The first-order chi connectivity index (χ1) is 15.7. The molecule has 0 bridgehead atoms. The molecule has 3 heteroatoms. The Bertz CT molecular complexity index is 1050. The van der Waals surface area contributed by atoms with Crippen LogP contribution in [0.3, 0.4) is 0 Å². The van der Waals surface area contributed by atoms with Crippen molar-refractivity contribution in [1.82, 2.24) is 0 Å². The van der Waals surface area contributed by atoms with E-state index < -0.39 is 6.10 Å². The zero-order valence-electron chi connectivity index (χ0n) is 18.1. The number of benzene rings is 4. The summed E-state index contributed by atoms with van der Waals surface area (Å²) in [4.78, 5) is 24.3. The van der Waals surface area contributed by atoms with Gasteiger partial charge in [-0.25, -0.2) is 0 Å². The molecule has 0 N–H and O–H groups in total. The summed E-state index contributed by atoms with van der Waals surface area (Å²) in [6.07, 6.45) is -0.515. The zero-order valence-corrected chi connectivity index (χ0v) is 18.1. The Morgan fingerprint density at radius 2 is 0.969 bits per heavy atom. The van der Waals surface area contributed by atoms with E-state index in [-0.39, 0.29) is 11.6 Å². The lowest BCUT2D eigenvalue weighted by Gasteiger charge is -2.16. The lowest BCUT2D eigenvalue weighted by molar-refractivity contribution is 0.0452. The van der Waals surface area contributed by atoms with Crippen molar-refractivity contribution in [2.75, 3.05) is 6.61 Å². The molecule has 0 aliphatic carbocycles. The predicted molar refractivity (Wildman–Crippen MR) is 128 cm³/mol. The van der Waals surface area contributed by atoms with Crippen LogP contribution in [0, 0.1) is 0 Å². The molecule has 4 aromatic rings. The molecule has 1 unspecified atom stereocenters. The van der Waals surface area contributed by atoms with Crippen molar-refractivity contribution >= 4 is 11.6 Å². The van der Waals surface area contributed by atoms with Crippen LogP contribution in [0.1, 0.15) is 44.9 Å². The number of carbonyl (C=O) groups excluding carboxylic acids is 2. The van der Waals surface area contributed by atoms with Gasteiger partial charge in [0, 0.05) is 23.3 Å². The van der Waals surface area contributed by atoms with Gasteiger partial charge >= 0.3 is 0 Å². The van der Waals surface area contributed by atoms with Gasteiger partial charge in [0.25, 0.3) is 0 Å². The van der Waals surface area contributed by atoms with Crippen LogP contribution in [0.2, 0.25) is 0 Å². The molecule has 0 aliphatic rings. The Balaban J connectivity index is 0.000000186. The van der Waals surface area contributed by atoms with E-state index in [4.69, 9.17) is 4.74 Å². The minimum Gasteiger partial charge on any atom is -0.366 e. The minimum atomic E-state index is -0.515. The molecule has 4 rings (SSSR count). The number of hydrogen-bond acceptors (Lipinski definition) is 3. The molecule has 3 nitrogen and oxygen atoms in total. The third-order valence-corrected chi connectivity index (χ3v) is 4.80. The van der Waals surface area contributed by atoms with Crippen molar-refractivity contribution in [1.29, 1.82) is 0 Å². The summed E-state index contributed by atoms with van der Waals surface area (Å²) in [6, 6.07) is 37.5.